The van der Waals surface area contributed by atoms with Crippen molar-refractivity contribution in [3.05, 3.63) is 101 Å². The number of anilines is 1. The van der Waals surface area contributed by atoms with E-state index in [0.717, 1.165) is 30.8 Å². The van der Waals surface area contributed by atoms with Crippen molar-refractivity contribution in [1.29, 1.82) is 0 Å². The number of aliphatic hydroxyl groups is 1. The molecule has 4 rings (SSSR count). The molecule has 0 radical (unpaired) electrons. The number of nitrogens with one attached hydrogen (secondary N) is 1. The monoisotopic (exact) mass is 463 g/mol. The van der Waals surface area contributed by atoms with Crippen molar-refractivity contribution in [2.75, 3.05) is 31.6 Å². The fourth-order valence-corrected chi connectivity index (χ4v) is 4.50. The summed E-state index contributed by atoms with van der Waals surface area (Å²) in [5, 5.41) is 13.5. The smallest absolute Gasteiger partial charge is 0.251 e. The van der Waals surface area contributed by atoms with E-state index in [4.69, 9.17) is 11.6 Å². The number of benzene rings is 3. The van der Waals surface area contributed by atoms with Crippen molar-refractivity contribution in [3.8, 4) is 0 Å². The first-order valence-electron chi connectivity index (χ1n) is 11.3. The number of hydrogen-bond acceptors (Lipinski definition) is 4. The van der Waals surface area contributed by atoms with Gasteiger partial charge < -0.3 is 15.3 Å². The molecule has 3 aromatic rings. The minimum Gasteiger partial charge on any atom is -0.392 e. The molecule has 0 unspecified atom stereocenters. The van der Waals surface area contributed by atoms with Gasteiger partial charge in [0, 0.05) is 49.5 Å². The Kier molecular flexibility index (Phi) is 7.65. The van der Waals surface area contributed by atoms with Gasteiger partial charge in [-0.05, 0) is 47.9 Å². The lowest BCUT2D eigenvalue weighted by atomic mass is 10.0. The number of likely N-dealkylation sites (N-methyl/N-ethyl adjacent to an activating group) is 1. The third kappa shape index (κ3) is 5.93. The first kappa shape index (κ1) is 23.3. The molecule has 172 valence electrons. The van der Waals surface area contributed by atoms with Crippen LogP contribution in [0.25, 0.3) is 0 Å². The summed E-state index contributed by atoms with van der Waals surface area (Å²) in [4.78, 5) is 17.2. The maximum absolute atomic E-state index is 12.6. The van der Waals surface area contributed by atoms with Gasteiger partial charge in [0.25, 0.3) is 5.91 Å². The maximum Gasteiger partial charge on any atom is 0.251 e. The number of carbonyl (C=O) groups excluding carboxylic acids is 1. The van der Waals surface area contributed by atoms with Gasteiger partial charge in [-0.3, -0.25) is 9.69 Å². The third-order valence-electron chi connectivity index (χ3n) is 6.26. The quantitative estimate of drug-likeness (QED) is 0.516. The molecule has 1 aliphatic heterocycles. The first-order valence-corrected chi connectivity index (χ1v) is 11.7. The lowest BCUT2D eigenvalue weighted by molar-refractivity contribution is 0.0951. The van der Waals surface area contributed by atoms with Gasteiger partial charge in [-0.25, -0.2) is 0 Å². The molecule has 0 aromatic heterocycles. The van der Waals surface area contributed by atoms with Crippen molar-refractivity contribution < 1.29 is 9.90 Å². The van der Waals surface area contributed by atoms with Gasteiger partial charge in [0.1, 0.15) is 0 Å². The normalized spacial score (nSPS) is 17.0. The van der Waals surface area contributed by atoms with E-state index in [2.05, 4.69) is 46.4 Å². The summed E-state index contributed by atoms with van der Waals surface area (Å²) < 4.78 is 0. The minimum atomic E-state index is -0.240. The highest BCUT2D eigenvalue weighted by Crippen LogP contribution is 2.28. The second-order valence-corrected chi connectivity index (χ2v) is 8.97. The average molecular weight is 464 g/mol. The molecule has 1 heterocycles. The summed E-state index contributed by atoms with van der Waals surface area (Å²) in [7, 11) is 2.08. The number of aliphatic hydroxyl groups excluding tert-OH is 1. The second kappa shape index (κ2) is 10.8. The van der Waals surface area contributed by atoms with Crippen LogP contribution in [0.3, 0.4) is 0 Å². The lowest BCUT2D eigenvalue weighted by Gasteiger charge is -2.33. The van der Waals surface area contributed by atoms with E-state index in [0.29, 0.717) is 23.7 Å². The van der Waals surface area contributed by atoms with Crippen LogP contribution in [0.5, 0.6) is 0 Å². The Morgan fingerprint density at radius 1 is 1.09 bits per heavy atom. The molecule has 3 aromatic carbocycles. The highest BCUT2D eigenvalue weighted by Gasteiger charge is 2.26. The zero-order valence-electron chi connectivity index (χ0n) is 18.8. The molecule has 33 heavy (non-hydrogen) atoms. The highest BCUT2D eigenvalue weighted by atomic mass is 35.5. The van der Waals surface area contributed by atoms with Crippen LogP contribution in [-0.2, 0) is 6.54 Å². The summed E-state index contributed by atoms with van der Waals surface area (Å²) in [5.41, 5.74) is 3.76. The molecular weight excluding hydrogens is 434 g/mol. The molecule has 0 aliphatic carbocycles. The summed E-state index contributed by atoms with van der Waals surface area (Å²) in [5.74, 6) is -0.130. The number of carbonyl (C=O) groups is 1. The predicted octanol–water partition coefficient (Wildman–Crippen LogP) is 4.51. The van der Waals surface area contributed by atoms with Gasteiger partial charge in [0.05, 0.1) is 12.1 Å². The van der Waals surface area contributed by atoms with E-state index in [1.165, 1.54) is 5.56 Å². The molecule has 1 saturated heterocycles. The van der Waals surface area contributed by atoms with Crippen LogP contribution < -0.4 is 10.2 Å². The zero-order valence-corrected chi connectivity index (χ0v) is 19.6. The van der Waals surface area contributed by atoms with Gasteiger partial charge in [-0.2, -0.15) is 0 Å². The van der Waals surface area contributed by atoms with E-state index in [9.17, 15) is 9.90 Å². The number of amides is 1. The standard InChI is InChI=1S/C27H30ClN3O2/c1-30(26(20-7-3-2-4-8-20)19-31-16-15-24(32)18-31)23-13-11-21(12-14-23)27(33)29-17-22-9-5-6-10-25(22)28/h2-14,24,26,32H,15-19H2,1H3,(H,29,33)/t24-,26+/m0/s1. The zero-order chi connectivity index (χ0) is 23.2. The van der Waals surface area contributed by atoms with Gasteiger partial charge in [-0.1, -0.05) is 60.1 Å². The molecule has 0 saturated carbocycles. The summed E-state index contributed by atoms with van der Waals surface area (Å²) in [6.07, 6.45) is 0.582. The molecule has 1 fully saturated rings. The molecular formula is C27H30ClN3O2. The van der Waals surface area contributed by atoms with Gasteiger partial charge in [-0.15, -0.1) is 0 Å². The predicted molar refractivity (Wildman–Crippen MR) is 134 cm³/mol. The lowest BCUT2D eigenvalue weighted by Crippen LogP contribution is -2.36. The van der Waals surface area contributed by atoms with Gasteiger partial charge >= 0.3 is 0 Å². The van der Waals surface area contributed by atoms with E-state index in [-0.39, 0.29) is 18.1 Å². The first-order chi connectivity index (χ1) is 16.0. The van der Waals surface area contributed by atoms with Crippen LogP contribution in [-0.4, -0.2) is 48.7 Å². The number of nitrogens with zero attached hydrogens (tertiary/aromatic N) is 2. The van der Waals surface area contributed by atoms with E-state index in [1.807, 2.05) is 54.6 Å². The summed E-state index contributed by atoms with van der Waals surface area (Å²) in [6, 6.07) is 25.7. The molecule has 6 heteroatoms. The molecule has 2 N–H and O–H groups in total. The number of β-amino-alcohol motifs (C(OH)–C–C–N with tert-alkyl or cyclic N) is 1. The van der Waals surface area contributed by atoms with Crippen LogP contribution in [0.4, 0.5) is 5.69 Å². The highest BCUT2D eigenvalue weighted by molar-refractivity contribution is 6.31. The Morgan fingerprint density at radius 3 is 2.45 bits per heavy atom. The molecule has 1 amide bonds. The van der Waals surface area contributed by atoms with Crippen LogP contribution in [0.1, 0.15) is 33.9 Å². The van der Waals surface area contributed by atoms with Crippen LogP contribution in [0.15, 0.2) is 78.9 Å². The fourth-order valence-electron chi connectivity index (χ4n) is 4.30. The third-order valence-corrected chi connectivity index (χ3v) is 6.63. The topological polar surface area (TPSA) is 55.8 Å². The van der Waals surface area contributed by atoms with Crippen molar-refractivity contribution in [3.63, 3.8) is 0 Å². The average Bonchev–Trinajstić information content (AvgIpc) is 3.26. The van der Waals surface area contributed by atoms with Crippen molar-refractivity contribution in [2.45, 2.75) is 25.1 Å². The van der Waals surface area contributed by atoms with Crippen LogP contribution in [0, 0.1) is 0 Å². The summed E-state index contributed by atoms with van der Waals surface area (Å²) in [6.45, 7) is 2.83. The van der Waals surface area contributed by atoms with Crippen LogP contribution in [0.2, 0.25) is 5.02 Å². The Labute approximate surface area is 200 Å². The largest absolute Gasteiger partial charge is 0.392 e. The number of hydrogen-bond donors (Lipinski definition) is 2. The Morgan fingerprint density at radius 2 is 1.79 bits per heavy atom. The molecule has 0 spiro atoms. The SMILES string of the molecule is CN(c1ccc(C(=O)NCc2ccccc2Cl)cc1)[C@H](CN1CC[C@H](O)C1)c1ccccc1. The van der Waals surface area contributed by atoms with Crippen molar-refractivity contribution in [1.82, 2.24) is 10.2 Å². The van der Waals surface area contributed by atoms with E-state index >= 15 is 0 Å². The number of halogens is 1. The molecule has 5 nitrogen and oxygen atoms in total. The molecule has 0 bridgehead atoms. The van der Waals surface area contributed by atoms with Crippen LogP contribution >= 0.6 is 11.6 Å². The van der Waals surface area contributed by atoms with Crippen molar-refractivity contribution in [2.24, 2.45) is 0 Å². The second-order valence-electron chi connectivity index (χ2n) is 8.56. The molecule has 2 atom stereocenters. The van der Waals surface area contributed by atoms with Gasteiger partial charge in [0.2, 0.25) is 0 Å². The van der Waals surface area contributed by atoms with E-state index in [1.54, 1.807) is 0 Å². The van der Waals surface area contributed by atoms with E-state index < -0.39 is 0 Å². The molecule has 1 aliphatic rings. The Balaban J connectivity index is 1.45. The summed E-state index contributed by atoms with van der Waals surface area (Å²) >= 11 is 6.18. The van der Waals surface area contributed by atoms with Gasteiger partial charge in [0.15, 0.2) is 0 Å². The Bertz CT molecular complexity index is 1060. The maximum atomic E-state index is 12.6. The minimum absolute atomic E-state index is 0.130. The number of rotatable bonds is 8. The Hall–Kier alpha value is -2.86. The number of likely N-dealkylation sites (tertiary alicyclic amines) is 1. The van der Waals surface area contributed by atoms with Crippen molar-refractivity contribution >= 4 is 23.2 Å². The fraction of sp³-hybridized carbons (Fsp3) is 0.296.